The van der Waals surface area contributed by atoms with Gasteiger partial charge in [-0.2, -0.15) is 0 Å². The Bertz CT molecular complexity index is 533. The summed E-state index contributed by atoms with van der Waals surface area (Å²) in [5.74, 6) is 1.81. The van der Waals surface area contributed by atoms with Crippen molar-refractivity contribution >= 4 is 5.82 Å². The first-order valence-electron chi connectivity index (χ1n) is 6.26. The number of hydrogen-bond donors (Lipinski definition) is 1. The van der Waals surface area contributed by atoms with E-state index in [2.05, 4.69) is 42.5 Å². The maximum absolute atomic E-state index is 6.15. The second kappa shape index (κ2) is 4.48. The van der Waals surface area contributed by atoms with E-state index in [0.29, 0.717) is 0 Å². The minimum absolute atomic E-state index is 0.00282. The third-order valence-electron chi connectivity index (χ3n) is 3.05. The van der Waals surface area contributed by atoms with Gasteiger partial charge in [0.2, 0.25) is 0 Å². The number of aryl methyl sites for hydroxylation is 1. The van der Waals surface area contributed by atoms with E-state index in [1.54, 1.807) is 0 Å². The maximum Gasteiger partial charge on any atom is 0.126 e. The topological polar surface area (TPSA) is 43.8 Å². The highest BCUT2D eigenvalue weighted by atomic mass is 15.1. The van der Waals surface area contributed by atoms with Gasteiger partial charge in [-0.05, 0) is 12.5 Å². The number of aromatic nitrogens is 2. The summed E-state index contributed by atoms with van der Waals surface area (Å²) in [5.41, 5.74) is 8.30. The Kier molecular flexibility index (Phi) is 3.16. The zero-order valence-electron chi connectivity index (χ0n) is 11.6. The van der Waals surface area contributed by atoms with Crippen LogP contribution in [-0.2, 0) is 12.0 Å². The number of hydrogen-bond acceptors (Lipinski definition) is 2. The van der Waals surface area contributed by atoms with Crippen LogP contribution in [0.2, 0.25) is 0 Å². The molecular weight excluding hydrogens is 222 g/mol. The molecule has 2 N–H and O–H groups in total. The van der Waals surface area contributed by atoms with Gasteiger partial charge >= 0.3 is 0 Å². The van der Waals surface area contributed by atoms with Gasteiger partial charge in [0.05, 0.1) is 12.2 Å². The second-order valence-electron chi connectivity index (χ2n) is 5.73. The summed E-state index contributed by atoms with van der Waals surface area (Å²) in [4.78, 5) is 4.62. The lowest BCUT2D eigenvalue weighted by atomic mass is 9.95. The smallest absolute Gasteiger partial charge is 0.126 e. The van der Waals surface area contributed by atoms with Crippen molar-refractivity contribution in [3.8, 4) is 0 Å². The summed E-state index contributed by atoms with van der Waals surface area (Å²) in [6.07, 6.45) is 0. The van der Waals surface area contributed by atoms with Crippen molar-refractivity contribution < 1.29 is 0 Å². The van der Waals surface area contributed by atoms with E-state index in [4.69, 9.17) is 5.73 Å². The summed E-state index contributed by atoms with van der Waals surface area (Å²) in [5, 5.41) is 0. The van der Waals surface area contributed by atoms with Crippen molar-refractivity contribution in [2.75, 3.05) is 5.73 Å². The van der Waals surface area contributed by atoms with Gasteiger partial charge in [-0.25, -0.2) is 4.98 Å². The van der Waals surface area contributed by atoms with E-state index in [0.717, 1.165) is 23.9 Å². The molecule has 1 heterocycles. The molecule has 0 bridgehead atoms. The molecule has 1 aromatic carbocycles. The molecule has 18 heavy (non-hydrogen) atoms. The fourth-order valence-electron chi connectivity index (χ4n) is 2.08. The van der Waals surface area contributed by atoms with Crippen LogP contribution in [0.25, 0.3) is 0 Å². The standard InChI is InChI=1S/C15H21N3/c1-11-13(16)18(14(17-11)15(2,3)4)10-12-8-6-5-7-9-12/h5-9H,10,16H2,1-4H3. The van der Waals surface area contributed by atoms with Crippen LogP contribution in [0.1, 0.15) is 37.9 Å². The predicted octanol–water partition coefficient (Wildman–Crippen LogP) is 3.12. The Balaban J connectivity index is 2.44. The zero-order chi connectivity index (χ0) is 13.3. The van der Waals surface area contributed by atoms with Crippen LogP contribution in [-0.4, -0.2) is 9.55 Å². The Morgan fingerprint density at radius 3 is 2.33 bits per heavy atom. The van der Waals surface area contributed by atoms with Crippen molar-refractivity contribution in [3.05, 3.63) is 47.4 Å². The maximum atomic E-state index is 6.15. The van der Waals surface area contributed by atoms with Gasteiger partial charge in [-0.3, -0.25) is 0 Å². The molecule has 0 aliphatic carbocycles. The molecule has 0 saturated carbocycles. The van der Waals surface area contributed by atoms with Gasteiger partial charge < -0.3 is 10.3 Å². The number of imidazole rings is 1. The molecule has 0 fully saturated rings. The summed E-state index contributed by atoms with van der Waals surface area (Å²) < 4.78 is 2.12. The average Bonchev–Trinajstić information content (AvgIpc) is 2.58. The van der Waals surface area contributed by atoms with Gasteiger partial charge in [0.25, 0.3) is 0 Å². The molecule has 0 saturated heterocycles. The zero-order valence-corrected chi connectivity index (χ0v) is 11.6. The third-order valence-corrected chi connectivity index (χ3v) is 3.05. The molecule has 0 unspecified atom stereocenters. The van der Waals surface area contributed by atoms with Crippen LogP contribution in [0.3, 0.4) is 0 Å². The van der Waals surface area contributed by atoms with Crippen molar-refractivity contribution in [2.45, 2.75) is 39.7 Å². The molecule has 96 valence electrons. The number of benzene rings is 1. The first kappa shape index (κ1) is 12.7. The lowest BCUT2D eigenvalue weighted by Crippen LogP contribution is -2.20. The van der Waals surface area contributed by atoms with Crippen LogP contribution >= 0.6 is 0 Å². The van der Waals surface area contributed by atoms with E-state index < -0.39 is 0 Å². The molecular formula is C15H21N3. The molecule has 0 spiro atoms. The van der Waals surface area contributed by atoms with Crippen LogP contribution < -0.4 is 5.73 Å². The summed E-state index contributed by atoms with van der Waals surface area (Å²) >= 11 is 0. The second-order valence-corrected chi connectivity index (χ2v) is 5.73. The SMILES string of the molecule is Cc1nc(C(C)(C)C)n(Cc2ccccc2)c1N. The predicted molar refractivity (Wildman–Crippen MR) is 75.6 cm³/mol. The highest BCUT2D eigenvalue weighted by Gasteiger charge is 2.23. The van der Waals surface area contributed by atoms with Crippen LogP contribution in [0.15, 0.2) is 30.3 Å². The summed E-state index contributed by atoms with van der Waals surface area (Å²) in [6, 6.07) is 10.3. The minimum atomic E-state index is -0.00282. The summed E-state index contributed by atoms with van der Waals surface area (Å²) in [6.45, 7) is 9.23. The normalized spacial score (nSPS) is 11.8. The number of nitrogens with two attached hydrogens (primary N) is 1. The van der Waals surface area contributed by atoms with E-state index >= 15 is 0 Å². The number of nitrogen functional groups attached to an aromatic ring is 1. The lowest BCUT2D eigenvalue weighted by Gasteiger charge is -2.20. The van der Waals surface area contributed by atoms with Crippen LogP contribution in [0.4, 0.5) is 5.82 Å². The number of nitrogens with zero attached hydrogens (tertiary/aromatic N) is 2. The molecule has 0 aliphatic rings. The van der Waals surface area contributed by atoms with E-state index in [-0.39, 0.29) is 5.41 Å². The van der Waals surface area contributed by atoms with Gasteiger partial charge in [-0.15, -0.1) is 0 Å². The lowest BCUT2D eigenvalue weighted by molar-refractivity contribution is 0.513. The molecule has 0 atom stereocenters. The highest BCUT2D eigenvalue weighted by Crippen LogP contribution is 2.26. The monoisotopic (exact) mass is 243 g/mol. The Morgan fingerprint density at radius 2 is 1.78 bits per heavy atom. The van der Waals surface area contributed by atoms with Gasteiger partial charge in [-0.1, -0.05) is 51.1 Å². The van der Waals surface area contributed by atoms with Gasteiger partial charge in [0, 0.05) is 5.41 Å². The number of rotatable bonds is 2. The van der Waals surface area contributed by atoms with Crippen molar-refractivity contribution in [1.29, 1.82) is 0 Å². The molecule has 3 nitrogen and oxygen atoms in total. The molecule has 0 aliphatic heterocycles. The molecule has 2 aromatic rings. The Hall–Kier alpha value is -1.77. The quantitative estimate of drug-likeness (QED) is 0.880. The van der Waals surface area contributed by atoms with E-state index in [1.165, 1.54) is 5.56 Å². The largest absolute Gasteiger partial charge is 0.384 e. The molecule has 3 heteroatoms. The van der Waals surface area contributed by atoms with Crippen molar-refractivity contribution in [1.82, 2.24) is 9.55 Å². The average molecular weight is 243 g/mol. The summed E-state index contributed by atoms with van der Waals surface area (Å²) in [7, 11) is 0. The molecule has 0 radical (unpaired) electrons. The Morgan fingerprint density at radius 1 is 1.17 bits per heavy atom. The Labute approximate surface area is 109 Å². The molecule has 0 amide bonds. The van der Waals surface area contributed by atoms with Crippen LogP contribution in [0, 0.1) is 6.92 Å². The first-order valence-corrected chi connectivity index (χ1v) is 6.26. The fourth-order valence-corrected chi connectivity index (χ4v) is 2.08. The van der Waals surface area contributed by atoms with Crippen LogP contribution in [0.5, 0.6) is 0 Å². The molecule has 2 rings (SSSR count). The third kappa shape index (κ3) is 2.40. The van der Waals surface area contributed by atoms with E-state index in [9.17, 15) is 0 Å². The van der Waals surface area contributed by atoms with Gasteiger partial charge in [0.1, 0.15) is 11.6 Å². The van der Waals surface area contributed by atoms with Crippen molar-refractivity contribution in [3.63, 3.8) is 0 Å². The van der Waals surface area contributed by atoms with E-state index in [1.807, 2.05) is 25.1 Å². The molecule has 1 aromatic heterocycles. The highest BCUT2D eigenvalue weighted by molar-refractivity contribution is 5.39. The van der Waals surface area contributed by atoms with Crippen molar-refractivity contribution in [2.24, 2.45) is 0 Å². The first-order chi connectivity index (χ1) is 8.39. The van der Waals surface area contributed by atoms with Gasteiger partial charge in [0.15, 0.2) is 0 Å². The minimum Gasteiger partial charge on any atom is -0.384 e. The fraction of sp³-hybridized carbons (Fsp3) is 0.400. The number of anilines is 1.